The molecule has 5 nitrogen and oxygen atoms in total. The van der Waals surface area contributed by atoms with Crippen molar-refractivity contribution in [2.24, 2.45) is 5.73 Å². The first kappa shape index (κ1) is 10.3. The van der Waals surface area contributed by atoms with E-state index in [4.69, 9.17) is 16.7 Å². The summed E-state index contributed by atoms with van der Waals surface area (Å²) in [6.07, 6.45) is 8.85. The molecule has 0 amide bonds. The minimum atomic E-state index is -0.414. The van der Waals surface area contributed by atoms with E-state index < -0.39 is 6.04 Å². The first-order valence-corrected chi connectivity index (χ1v) is 4.74. The number of nitrogens with two attached hydrogens (primary N) is 1. The van der Waals surface area contributed by atoms with Crippen molar-refractivity contribution in [1.82, 2.24) is 15.1 Å². The fraction of sp³-hybridized carbons (Fsp3) is 0.182. The standard InChI is InChI=1S/C11H10N4O/c1-2-4-9(12)11-14-10(15-16-11)8-5-3-6-13-7-8/h1,3,5-7,9H,4,12H2. The van der Waals surface area contributed by atoms with Gasteiger partial charge in [-0.1, -0.05) is 5.16 Å². The van der Waals surface area contributed by atoms with Gasteiger partial charge >= 0.3 is 0 Å². The smallest absolute Gasteiger partial charge is 0.244 e. The minimum Gasteiger partial charge on any atom is -0.337 e. The number of rotatable bonds is 3. The van der Waals surface area contributed by atoms with E-state index in [9.17, 15) is 0 Å². The molecule has 0 saturated carbocycles. The lowest BCUT2D eigenvalue weighted by atomic mass is 10.2. The first-order valence-electron chi connectivity index (χ1n) is 4.74. The molecular weight excluding hydrogens is 204 g/mol. The second-order valence-corrected chi connectivity index (χ2v) is 3.21. The highest BCUT2D eigenvalue weighted by Crippen LogP contribution is 2.17. The average Bonchev–Trinajstić information content (AvgIpc) is 2.80. The molecule has 0 spiro atoms. The van der Waals surface area contributed by atoms with Crippen LogP contribution < -0.4 is 5.73 Å². The Balaban J connectivity index is 2.24. The molecule has 2 heterocycles. The van der Waals surface area contributed by atoms with Crippen LogP contribution in [0.25, 0.3) is 11.4 Å². The molecule has 2 aromatic rings. The van der Waals surface area contributed by atoms with E-state index in [-0.39, 0.29) is 0 Å². The van der Waals surface area contributed by atoms with E-state index in [0.29, 0.717) is 18.1 Å². The first-order chi connectivity index (χ1) is 7.81. The number of hydrogen-bond acceptors (Lipinski definition) is 5. The van der Waals surface area contributed by atoms with Crippen LogP contribution in [0.5, 0.6) is 0 Å². The van der Waals surface area contributed by atoms with E-state index in [0.717, 1.165) is 5.56 Å². The molecule has 0 radical (unpaired) electrons. The SMILES string of the molecule is C#CCC(N)c1nc(-c2cccnc2)no1. The maximum absolute atomic E-state index is 5.74. The van der Waals surface area contributed by atoms with E-state index in [2.05, 4.69) is 21.0 Å². The fourth-order valence-corrected chi connectivity index (χ4v) is 1.21. The van der Waals surface area contributed by atoms with Crippen molar-refractivity contribution in [2.45, 2.75) is 12.5 Å². The zero-order valence-corrected chi connectivity index (χ0v) is 8.50. The quantitative estimate of drug-likeness (QED) is 0.775. The van der Waals surface area contributed by atoms with Crippen LogP contribution in [-0.2, 0) is 0 Å². The third-order valence-electron chi connectivity index (χ3n) is 2.02. The number of nitrogens with zero attached hydrogens (tertiary/aromatic N) is 3. The fourth-order valence-electron chi connectivity index (χ4n) is 1.21. The van der Waals surface area contributed by atoms with Crippen LogP contribution in [0.1, 0.15) is 18.4 Å². The van der Waals surface area contributed by atoms with Gasteiger partial charge in [-0.3, -0.25) is 4.98 Å². The van der Waals surface area contributed by atoms with Crippen molar-refractivity contribution in [2.75, 3.05) is 0 Å². The third kappa shape index (κ3) is 2.07. The Labute approximate surface area is 92.7 Å². The topological polar surface area (TPSA) is 77.8 Å². The average molecular weight is 214 g/mol. The molecule has 0 saturated heterocycles. The van der Waals surface area contributed by atoms with Crippen molar-refractivity contribution in [1.29, 1.82) is 0 Å². The molecule has 0 aromatic carbocycles. The molecule has 16 heavy (non-hydrogen) atoms. The van der Waals surface area contributed by atoms with E-state index in [1.165, 1.54) is 0 Å². The third-order valence-corrected chi connectivity index (χ3v) is 2.02. The van der Waals surface area contributed by atoms with Gasteiger partial charge in [0.15, 0.2) is 0 Å². The van der Waals surface area contributed by atoms with E-state index >= 15 is 0 Å². The molecule has 5 heteroatoms. The maximum Gasteiger partial charge on any atom is 0.244 e. The zero-order valence-electron chi connectivity index (χ0n) is 8.50. The van der Waals surface area contributed by atoms with E-state index in [1.807, 2.05) is 6.07 Å². The summed E-state index contributed by atoms with van der Waals surface area (Å²) in [4.78, 5) is 8.13. The van der Waals surface area contributed by atoms with Crippen LogP contribution in [0.2, 0.25) is 0 Å². The molecule has 1 unspecified atom stereocenters. The predicted molar refractivity (Wildman–Crippen MR) is 57.9 cm³/mol. The van der Waals surface area contributed by atoms with Gasteiger partial charge in [0.1, 0.15) is 0 Å². The number of terminal acetylenes is 1. The lowest BCUT2D eigenvalue weighted by Gasteiger charge is -1.98. The Bertz CT molecular complexity index is 500. The summed E-state index contributed by atoms with van der Waals surface area (Å²) in [5.74, 6) is 3.26. The lowest BCUT2D eigenvalue weighted by molar-refractivity contribution is 0.357. The van der Waals surface area contributed by atoms with Gasteiger partial charge in [0.05, 0.1) is 6.04 Å². The minimum absolute atomic E-state index is 0.344. The molecule has 0 fully saturated rings. The van der Waals surface area contributed by atoms with Crippen molar-refractivity contribution in [3.05, 3.63) is 30.4 Å². The largest absolute Gasteiger partial charge is 0.337 e. The summed E-state index contributed by atoms with van der Waals surface area (Å²) in [6, 6.07) is 3.23. The Morgan fingerprint density at radius 2 is 2.44 bits per heavy atom. The summed E-state index contributed by atoms with van der Waals surface area (Å²) < 4.78 is 5.02. The number of hydrogen-bond donors (Lipinski definition) is 1. The van der Waals surface area contributed by atoms with Crippen LogP contribution in [0.4, 0.5) is 0 Å². The van der Waals surface area contributed by atoms with Crippen LogP contribution in [0.15, 0.2) is 29.0 Å². The van der Waals surface area contributed by atoms with Crippen molar-refractivity contribution < 1.29 is 4.52 Å². The molecule has 80 valence electrons. The van der Waals surface area contributed by atoms with Gasteiger partial charge in [0.25, 0.3) is 0 Å². The maximum atomic E-state index is 5.74. The van der Waals surface area contributed by atoms with Crippen LogP contribution >= 0.6 is 0 Å². The summed E-state index contributed by atoms with van der Waals surface area (Å²) in [7, 11) is 0. The highest BCUT2D eigenvalue weighted by molar-refractivity contribution is 5.51. The Kier molecular flexibility index (Phi) is 2.94. The summed E-state index contributed by atoms with van der Waals surface area (Å²) in [5.41, 5.74) is 6.53. The van der Waals surface area contributed by atoms with Gasteiger partial charge in [-0.05, 0) is 12.1 Å². The Hall–Kier alpha value is -2.19. The van der Waals surface area contributed by atoms with E-state index in [1.54, 1.807) is 18.5 Å². The van der Waals surface area contributed by atoms with Gasteiger partial charge in [-0.2, -0.15) is 4.98 Å². The van der Waals surface area contributed by atoms with Gasteiger partial charge in [-0.15, -0.1) is 12.3 Å². The molecule has 2 aromatic heterocycles. The van der Waals surface area contributed by atoms with Gasteiger partial charge < -0.3 is 10.3 Å². The molecule has 0 bridgehead atoms. The molecular formula is C11H10N4O. The monoisotopic (exact) mass is 214 g/mol. The second kappa shape index (κ2) is 4.55. The van der Waals surface area contributed by atoms with Crippen LogP contribution in [-0.4, -0.2) is 15.1 Å². The van der Waals surface area contributed by atoms with Gasteiger partial charge in [0.2, 0.25) is 11.7 Å². The highest BCUT2D eigenvalue weighted by atomic mass is 16.5. The predicted octanol–water partition coefficient (Wildman–Crippen LogP) is 1.15. The van der Waals surface area contributed by atoms with Crippen molar-refractivity contribution in [3.63, 3.8) is 0 Å². The normalized spacial score (nSPS) is 12.0. The number of aromatic nitrogens is 3. The summed E-state index contributed by atoms with van der Waals surface area (Å²) in [6.45, 7) is 0. The summed E-state index contributed by atoms with van der Waals surface area (Å²) in [5, 5.41) is 3.82. The van der Waals surface area contributed by atoms with Gasteiger partial charge in [-0.25, -0.2) is 0 Å². The van der Waals surface area contributed by atoms with Crippen LogP contribution in [0.3, 0.4) is 0 Å². The van der Waals surface area contributed by atoms with Crippen molar-refractivity contribution in [3.8, 4) is 23.7 Å². The molecule has 0 aliphatic rings. The van der Waals surface area contributed by atoms with Gasteiger partial charge in [0, 0.05) is 24.4 Å². The number of pyridine rings is 1. The molecule has 2 rings (SSSR count). The van der Waals surface area contributed by atoms with Crippen molar-refractivity contribution >= 4 is 0 Å². The van der Waals surface area contributed by atoms with Crippen LogP contribution in [0, 0.1) is 12.3 Å². The Morgan fingerprint density at radius 1 is 1.56 bits per heavy atom. The highest BCUT2D eigenvalue weighted by Gasteiger charge is 2.14. The Morgan fingerprint density at radius 3 is 3.12 bits per heavy atom. The summed E-state index contributed by atoms with van der Waals surface area (Å²) >= 11 is 0. The second-order valence-electron chi connectivity index (χ2n) is 3.21. The molecule has 0 aliphatic heterocycles. The zero-order chi connectivity index (χ0) is 11.4. The molecule has 0 aliphatic carbocycles. The molecule has 2 N–H and O–H groups in total. The molecule has 1 atom stereocenters. The lowest BCUT2D eigenvalue weighted by Crippen LogP contribution is -2.09.